The number of hydrogen-bond donors (Lipinski definition) is 1. The molecule has 0 saturated carbocycles. The molecule has 0 bridgehead atoms. The zero-order valence-corrected chi connectivity index (χ0v) is 10.1. The van der Waals surface area contributed by atoms with Gasteiger partial charge in [-0.1, -0.05) is 6.42 Å². The van der Waals surface area contributed by atoms with Crippen molar-refractivity contribution in [2.24, 2.45) is 12.8 Å². The third-order valence-corrected chi connectivity index (χ3v) is 3.51. The molecule has 1 atom stereocenters. The first-order valence-corrected chi connectivity index (χ1v) is 6.21. The van der Waals surface area contributed by atoms with Gasteiger partial charge in [0.2, 0.25) is 0 Å². The van der Waals surface area contributed by atoms with E-state index in [1.165, 1.54) is 25.8 Å². The van der Waals surface area contributed by atoms with E-state index in [-0.39, 0.29) is 0 Å². The Labute approximate surface area is 97.4 Å². The summed E-state index contributed by atoms with van der Waals surface area (Å²) in [6.07, 6.45) is 8.95. The molecule has 0 radical (unpaired) electrons. The fourth-order valence-electron chi connectivity index (χ4n) is 2.52. The van der Waals surface area contributed by atoms with Crippen molar-refractivity contribution in [3.63, 3.8) is 0 Å². The van der Waals surface area contributed by atoms with Gasteiger partial charge in [0.1, 0.15) is 5.82 Å². The number of likely N-dealkylation sites (tertiary alicyclic amines) is 1. The van der Waals surface area contributed by atoms with Crippen LogP contribution in [0.15, 0.2) is 12.4 Å². The minimum atomic E-state index is 0.662. The van der Waals surface area contributed by atoms with E-state index in [0.717, 1.165) is 25.3 Å². The highest BCUT2D eigenvalue weighted by Gasteiger charge is 2.22. The molecule has 1 fully saturated rings. The van der Waals surface area contributed by atoms with Crippen molar-refractivity contribution in [3.05, 3.63) is 18.2 Å². The van der Waals surface area contributed by atoms with E-state index in [9.17, 15) is 0 Å². The second-order valence-electron chi connectivity index (χ2n) is 4.65. The molecule has 2 N–H and O–H groups in total. The summed E-state index contributed by atoms with van der Waals surface area (Å²) in [6.45, 7) is 2.95. The summed E-state index contributed by atoms with van der Waals surface area (Å²) in [5.74, 6) is 1.16. The Hall–Kier alpha value is -0.870. The van der Waals surface area contributed by atoms with Gasteiger partial charge in [0, 0.05) is 25.5 Å². The van der Waals surface area contributed by atoms with Crippen molar-refractivity contribution in [3.8, 4) is 0 Å². The highest BCUT2D eigenvalue weighted by molar-refractivity contribution is 4.92. The average Bonchev–Trinajstić information content (AvgIpc) is 2.68. The number of imidazole rings is 1. The van der Waals surface area contributed by atoms with E-state index >= 15 is 0 Å². The molecule has 0 amide bonds. The van der Waals surface area contributed by atoms with Crippen molar-refractivity contribution < 1.29 is 0 Å². The molecule has 0 spiro atoms. The monoisotopic (exact) mass is 222 g/mol. The molecular weight excluding hydrogens is 200 g/mol. The lowest BCUT2D eigenvalue weighted by Crippen LogP contribution is -2.40. The predicted octanol–water partition coefficient (Wildman–Crippen LogP) is 1.12. The van der Waals surface area contributed by atoms with E-state index in [0.29, 0.717) is 6.04 Å². The minimum Gasteiger partial charge on any atom is -0.337 e. The largest absolute Gasteiger partial charge is 0.337 e. The van der Waals surface area contributed by atoms with Crippen LogP contribution in [0, 0.1) is 0 Å². The fraction of sp³-hybridized carbons (Fsp3) is 0.750. The fourth-order valence-corrected chi connectivity index (χ4v) is 2.52. The number of piperidine rings is 1. The molecule has 1 aliphatic heterocycles. The summed E-state index contributed by atoms with van der Waals surface area (Å²) >= 11 is 0. The van der Waals surface area contributed by atoms with Crippen LogP contribution in [0.25, 0.3) is 0 Å². The smallest absolute Gasteiger partial charge is 0.122 e. The van der Waals surface area contributed by atoms with Gasteiger partial charge in [-0.2, -0.15) is 0 Å². The SMILES string of the molecule is Cn1ccnc1CN1CCCCC1CCN. The molecule has 90 valence electrons. The molecule has 1 saturated heterocycles. The number of nitrogens with two attached hydrogens (primary N) is 1. The van der Waals surface area contributed by atoms with Gasteiger partial charge in [0.05, 0.1) is 6.54 Å². The van der Waals surface area contributed by atoms with Crippen LogP contribution >= 0.6 is 0 Å². The van der Waals surface area contributed by atoms with Gasteiger partial charge in [-0.25, -0.2) is 4.98 Å². The number of aryl methyl sites for hydroxylation is 1. The van der Waals surface area contributed by atoms with Crippen molar-refractivity contribution in [1.29, 1.82) is 0 Å². The maximum Gasteiger partial charge on any atom is 0.122 e. The summed E-state index contributed by atoms with van der Waals surface area (Å²) in [4.78, 5) is 6.93. The molecule has 2 rings (SSSR count). The number of hydrogen-bond acceptors (Lipinski definition) is 3. The van der Waals surface area contributed by atoms with Crippen molar-refractivity contribution in [2.75, 3.05) is 13.1 Å². The van der Waals surface area contributed by atoms with E-state index in [1.54, 1.807) is 0 Å². The topological polar surface area (TPSA) is 47.1 Å². The van der Waals surface area contributed by atoms with Crippen LogP contribution < -0.4 is 5.73 Å². The van der Waals surface area contributed by atoms with Crippen molar-refractivity contribution in [2.45, 2.75) is 38.3 Å². The third-order valence-electron chi connectivity index (χ3n) is 3.51. The lowest BCUT2D eigenvalue weighted by atomic mass is 9.99. The molecule has 0 aliphatic carbocycles. The molecule has 1 aliphatic rings. The van der Waals surface area contributed by atoms with Crippen LogP contribution in [-0.2, 0) is 13.6 Å². The molecule has 1 unspecified atom stereocenters. The van der Waals surface area contributed by atoms with E-state index in [1.807, 2.05) is 12.4 Å². The van der Waals surface area contributed by atoms with E-state index in [2.05, 4.69) is 21.5 Å². The van der Waals surface area contributed by atoms with Crippen LogP contribution in [0.3, 0.4) is 0 Å². The molecule has 2 heterocycles. The Morgan fingerprint density at radius 3 is 3.06 bits per heavy atom. The Kier molecular flexibility index (Phi) is 3.96. The van der Waals surface area contributed by atoms with Crippen LogP contribution in [-0.4, -0.2) is 33.6 Å². The van der Waals surface area contributed by atoms with Crippen LogP contribution in [0.5, 0.6) is 0 Å². The molecule has 1 aromatic rings. The highest BCUT2D eigenvalue weighted by Crippen LogP contribution is 2.20. The second kappa shape index (κ2) is 5.46. The van der Waals surface area contributed by atoms with Crippen molar-refractivity contribution >= 4 is 0 Å². The molecule has 4 nitrogen and oxygen atoms in total. The van der Waals surface area contributed by atoms with Crippen LogP contribution in [0.2, 0.25) is 0 Å². The second-order valence-corrected chi connectivity index (χ2v) is 4.65. The van der Waals surface area contributed by atoms with Gasteiger partial charge in [-0.3, -0.25) is 4.90 Å². The van der Waals surface area contributed by atoms with Crippen LogP contribution in [0.1, 0.15) is 31.5 Å². The molecule has 1 aromatic heterocycles. The first-order chi connectivity index (χ1) is 7.81. The Morgan fingerprint density at radius 2 is 2.38 bits per heavy atom. The number of aromatic nitrogens is 2. The summed E-state index contributed by atoms with van der Waals surface area (Å²) < 4.78 is 2.11. The predicted molar refractivity (Wildman–Crippen MR) is 64.9 cm³/mol. The zero-order valence-electron chi connectivity index (χ0n) is 10.1. The first-order valence-electron chi connectivity index (χ1n) is 6.21. The van der Waals surface area contributed by atoms with Crippen LogP contribution in [0.4, 0.5) is 0 Å². The van der Waals surface area contributed by atoms with Gasteiger partial charge in [0.15, 0.2) is 0 Å². The number of nitrogens with zero attached hydrogens (tertiary/aromatic N) is 3. The van der Waals surface area contributed by atoms with Gasteiger partial charge < -0.3 is 10.3 Å². The minimum absolute atomic E-state index is 0.662. The highest BCUT2D eigenvalue weighted by atomic mass is 15.2. The Balaban J connectivity index is 1.98. The maximum absolute atomic E-state index is 5.68. The third kappa shape index (κ3) is 2.62. The van der Waals surface area contributed by atoms with E-state index in [4.69, 9.17) is 5.73 Å². The number of rotatable bonds is 4. The normalized spacial score (nSPS) is 22.5. The maximum atomic E-state index is 5.68. The summed E-state index contributed by atoms with van der Waals surface area (Å²) in [5.41, 5.74) is 5.68. The quantitative estimate of drug-likeness (QED) is 0.830. The zero-order chi connectivity index (χ0) is 11.4. The van der Waals surface area contributed by atoms with Crippen molar-refractivity contribution in [1.82, 2.24) is 14.5 Å². The van der Waals surface area contributed by atoms with Gasteiger partial charge in [-0.05, 0) is 32.4 Å². The van der Waals surface area contributed by atoms with Gasteiger partial charge in [0.25, 0.3) is 0 Å². The van der Waals surface area contributed by atoms with E-state index < -0.39 is 0 Å². The molecular formula is C12H22N4. The average molecular weight is 222 g/mol. The first kappa shape index (κ1) is 11.6. The Bertz CT molecular complexity index is 319. The Morgan fingerprint density at radius 1 is 1.50 bits per heavy atom. The lowest BCUT2D eigenvalue weighted by molar-refractivity contribution is 0.129. The summed E-state index contributed by atoms with van der Waals surface area (Å²) in [5, 5.41) is 0. The molecule has 4 heteroatoms. The summed E-state index contributed by atoms with van der Waals surface area (Å²) in [6, 6.07) is 0.662. The molecule has 16 heavy (non-hydrogen) atoms. The lowest BCUT2D eigenvalue weighted by Gasteiger charge is -2.35. The molecule has 0 aromatic carbocycles. The summed E-state index contributed by atoms with van der Waals surface area (Å²) in [7, 11) is 2.06. The van der Waals surface area contributed by atoms with Gasteiger partial charge in [-0.15, -0.1) is 0 Å². The standard InChI is InChI=1S/C12H22N4/c1-15-9-7-14-12(15)10-16-8-3-2-4-11(16)5-6-13/h7,9,11H,2-6,8,10,13H2,1H3. The van der Waals surface area contributed by atoms with Gasteiger partial charge >= 0.3 is 0 Å².